The molecule has 8 nitrogen and oxygen atoms in total. The van der Waals surface area contributed by atoms with E-state index in [9.17, 15) is 5.11 Å². The molecule has 0 unspecified atom stereocenters. The van der Waals surface area contributed by atoms with E-state index in [1.165, 1.54) is 6.20 Å². The second kappa shape index (κ2) is 6.55. The number of aromatic amines is 1. The number of aromatic hydroxyl groups is 1. The van der Waals surface area contributed by atoms with Gasteiger partial charge < -0.3 is 25.3 Å². The number of fused-ring (bicyclic) bond motifs is 1. The van der Waals surface area contributed by atoms with Crippen LogP contribution in [0, 0.1) is 11.3 Å². The van der Waals surface area contributed by atoms with Crippen LogP contribution < -0.4 is 15.2 Å². The SMILES string of the molecule is COc1cc(OC)cc(-n2cc(O)c(-c3nc4ccc(C#N)cc4[nH]3)c2N)c1. The average Bonchev–Trinajstić information content (AvgIpc) is 3.26. The van der Waals surface area contributed by atoms with Crippen molar-refractivity contribution in [2.24, 2.45) is 0 Å². The molecule has 4 aromatic rings. The molecule has 4 N–H and O–H groups in total. The predicted octanol–water partition coefficient (Wildman–Crippen LogP) is 3.20. The van der Waals surface area contributed by atoms with E-state index in [0.717, 1.165) is 0 Å². The zero-order chi connectivity index (χ0) is 19.8. The normalized spacial score (nSPS) is 10.8. The first-order valence-electron chi connectivity index (χ1n) is 8.37. The van der Waals surface area contributed by atoms with Crippen molar-refractivity contribution in [2.75, 3.05) is 20.0 Å². The molecule has 4 rings (SSSR count). The molecule has 2 heterocycles. The Bertz CT molecular complexity index is 1210. The zero-order valence-corrected chi connectivity index (χ0v) is 15.2. The van der Waals surface area contributed by atoms with E-state index in [1.807, 2.05) is 0 Å². The summed E-state index contributed by atoms with van der Waals surface area (Å²) in [5.41, 5.74) is 9.24. The summed E-state index contributed by atoms with van der Waals surface area (Å²) >= 11 is 0. The average molecular weight is 375 g/mol. The van der Waals surface area contributed by atoms with Crippen molar-refractivity contribution in [2.45, 2.75) is 0 Å². The second-order valence-electron chi connectivity index (χ2n) is 6.14. The number of nitrogens with two attached hydrogens (primary N) is 1. The van der Waals surface area contributed by atoms with Crippen molar-refractivity contribution in [1.29, 1.82) is 5.26 Å². The molecule has 140 valence electrons. The largest absolute Gasteiger partial charge is 0.505 e. The van der Waals surface area contributed by atoms with Gasteiger partial charge in [-0.05, 0) is 18.2 Å². The van der Waals surface area contributed by atoms with Crippen LogP contribution in [0.25, 0.3) is 28.1 Å². The van der Waals surface area contributed by atoms with E-state index in [1.54, 1.807) is 55.2 Å². The van der Waals surface area contributed by atoms with Crippen LogP contribution in [0.4, 0.5) is 5.82 Å². The standard InChI is InChI=1S/C20H17N5O3/c1-27-13-6-12(7-14(8-13)28-2)25-10-17(26)18(19(25)22)20-23-15-4-3-11(9-21)5-16(15)24-20/h3-8,10,26H,22H2,1-2H3,(H,23,24). The molecule has 2 aromatic heterocycles. The van der Waals surface area contributed by atoms with Gasteiger partial charge in [-0.25, -0.2) is 4.98 Å². The fourth-order valence-electron chi connectivity index (χ4n) is 3.09. The summed E-state index contributed by atoms with van der Waals surface area (Å²) in [4.78, 5) is 7.60. The van der Waals surface area contributed by atoms with Crippen molar-refractivity contribution in [1.82, 2.24) is 14.5 Å². The minimum absolute atomic E-state index is 0.0288. The van der Waals surface area contributed by atoms with Gasteiger partial charge in [0.1, 0.15) is 34.5 Å². The maximum Gasteiger partial charge on any atom is 0.146 e. The molecule has 2 aromatic carbocycles. The highest BCUT2D eigenvalue weighted by molar-refractivity contribution is 5.86. The molecule has 0 saturated heterocycles. The second-order valence-corrected chi connectivity index (χ2v) is 6.14. The van der Waals surface area contributed by atoms with Crippen LogP contribution >= 0.6 is 0 Å². The summed E-state index contributed by atoms with van der Waals surface area (Å²) in [6.07, 6.45) is 1.51. The van der Waals surface area contributed by atoms with Crippen LogP contribution in [-0.4, -0.2) is 33.9 Å². The number of ether oxygens (including phenoxy) is 2. The van der Waals surface area contributed by atoms with Gasteiger partial charge in [0.05, 0.1) is 48.8 Å². The smallest absolute Gasteiger partial charge is 0.146 e. The number of anilines is 1. The lowest BCUT2D eigenvalue weighted by Crippen LogP contribution is -2.01. The van der Waals surface area contributed by atoms with Crippen LogP contribution in [0.2, 0.25) is 0 Å². The highest BCUT2D eigenvalue weighted by Crippen LogP contribution is 2.38. The van der Waals surface area contributed by atoms with E-state index in [-0.39, 0.29) is 5.75 Å². The first kappa shape index (κ1) is 17.3. The van der Waals surface area contributed by atoms with Crippen molar-refractivity contribution in [3.05, 3.63) is 48.2 Å². The fourth-order valence-corrected chi connectivity index (χ4v) is 3.09. The van der Waals surface area contributed by atoms with Gasteiger partial charge >= 0.3 is 0 Å². The third-order valence-corrected chi connectivity index (χ3v) is 4.49. The number of nitriles is 1. The summed E-state index contributed by atoms with van der Waals surface area (Å²) in [5, 5.41) is 19.6. The van der Waals surface area contributed by atoms with E-state index in [4.69, 9.17) is 20.5 Å². The van der Waals surface area contributed by atoms with E-state index in [0.29, 0.717) is 51.0 Å². The Labute approximate surface area is 160 Å². The number of benzene rings is 2. The minimum Gasteiger partial charge on any atom is -0.505 e. The van der Waals surface area contributed by atoms with Crippen LogP contribution in [0.15, 0.2) is 42.6 Å². The number of hydrogen-bond acceptors (Lipinski definition) is 6. The summed E-state index contributed by atoms with van der Waals surface area (Å²) in [7, 11) is 3.12. The van der Waals surface area contributed by atoms with Crippen LogP contribution in [0.5, 0.6) is 17.2 Å². The molecule has 0 saturated carbocycles. The Morgan fingerprint density at radius 3 is 2.50 bits per heavy atom. The van der Waals surface area contributed by atoms with Gasteiger partial charge in [0, 0.05) is 18.2 Å². The summed E-state index contributed by atoms with van der Waals surface area (Å²) in [5.74, 6) is 1.87. The lowest BCUT2D eigenvalue weighted by Gasteiger charge is -2.11. The van der Waals surface area contributed by atoms with Gasteiger partial charge in [-0.15, -0.1) is 0 Å². The Morgan fingerprint density at radius 2 is 1.86 bits per heavy atom. The van der Waals surface area contributed by atoms with Gasteiger partial charge in [-0.3, -0.25) is 4.57 Å². The maximum atomic E-state index is 10.5. The lowest BCUT2D eigenvalue weighted by molar-refractivity contribution is 0.394. The molecule has 0 aliphatic heterocycles. The molecule has 0 amide bonds. The Balaban J connectivity index is 1.86. The minimum atomic E-state index is -0.0288. The molecule has 28 heavy (non-hydrogen) atoms. The number of H-pyrrole nitrogens is 1. The van der Waals surface area contributed by atoms with Crippen LogP contribution in [0.1, 0.15) is 5.56 Å². The molecular weight excluding hydrogens is 358 g/mol. The topological polar surface area (TPSA) is 122 Å². The Kier molecular flexibility index (Phi) is 4.05. The first-order valence-corrected chi connectivity index (χ1v) is 8.37. The molecule has 0 bridgehead atoms. The number of rotatable bonds is 4. The Morgan fingerprint density at radius 1 is 1.14 bits per heavy atom. The predicted molar refractivity (Wildman–Crippen MR) is 105 cm³/mol. The number of nitrogens with zero attached hydrogens (tertiary/aromatic N) is 3. The van der Waals surface area contributed by atoms with Gasteiger partial charge in [0.15, 0.2) is 0 Å². The highest BCUT2D eigenvalue weighted by Gasteiger charge is 2.20. The monoisotopic (exact) mass is 375 g/mol. The van der Waals surface area contributed by atoms with Gasteiger partial charge in [0.25, 0.3) is 0 Å². The quantitative estimate of drug-likeness (QED) is 0.503. The third-order valence-electron chi connectivity index (χ3n) is 4.49. The van der Waals surface area contributed by atoms with Crippen LogP contribution in [-0.2, 0) is 0 Å². The van der Waals surface area contributed by atoms with Crippen molar-refractivity contribution in [3.8, 4) is 40.4 Å². The van der Waals surface area contributed by atoms with Gasteiger partial charge in [0.2, 0.25) is 0 Å². The number of nitrogens with one attached hydrogen (secondary N) is 1. The zero-order valence-electron chi connectivity index (χ0n) is 15.2. The van der Waals surface area contributed by atoms with Crippen molar-refractivity contribution >= 4 is 16.9 Å². The molecule has 0 fully saturated rings. The molecule has 0 atom stereocenters. The third kappa shape index (κ3) is 2.75. The van der Waals surface area contributed by atoms with E-state index < -0.39 is 0 Å². The number of nitrogen functional groups attached to an aromatic ring is 1. The number of aromatic nitrogens is 3. The highest BCUT2D eigenvalue weighted by atomic mass is 16.5. The van der Waals surface area contributed by atoms with Gasteiger partial charge in [-0.2, -0.15) is 5.26 Å². The van der Waals surface area contributed by atoms with Crippen molar-refractivity contribution < 1.29 is 14.6 Å². The molecular formula is C20H17N5O3. The summed E-state index contributed by atoms with van der Waals surface area (Å²) in [6, 6.07) is 12.5. The maximum absolute atomic E-state index is 10.5. The molecule has 0 aliphatic rings. The number of hydrogen-bond donors (Lipinski definition) is 3. The Hall–Kier alpha value is -4.12. The van der Waals surface area contributed by atoms with E-state index in [2.05, 4.69) is 16.0 Å². The molecule has 0 aliphatic carbocycles. The van der Waals surface area contributed by atoms with Gasteiger partial charge in [-0.1, -0.05) is 0 Å². The molecule has 8 heteroatoms. The lowest BCUT2D eigenvalue weighted by atomic mass is 10.2. The fraction of sp³-hybridized carbons (Fsp3) is 0.100. The summed E-state index contributed by atoms with van der Waals surface area (Å²) in [6.45, 7) is 0. The molecule has 0 radical (unpaired) electrons. The van der Waals surface area contributed by atoms with Crippen LogP contribution in [0.3, 0.4) is 0 Å². The molecule has 0 spiro atoms. The summed E-state index contributed by atoms with van der Waals surface area (Å²) < 4.78 is 12.2. The van der Waals surface area contributed by atoms with Crippen molar-refractivity contribution in [3.63, 3.8) is 0 Å². The number of methoxy groups -OCH3 is 2. The number of imidazole rings is 1. The first-order chi connectivity index (χ1) is 13.5. The van der Waals surface area contributed by atoms with E-state index >= 15 is 0 Å².